The molecule has 0 saturated heterocycles. The van der Waals surface area contributed by atoms with Crippen LogP contribution < -0.4 is 5.56 Å². The Hall–Kier alpha value is -2.39. The molecule has 0 saturated carbocycles. The number of aromatic nitrogens is 4. The van der Waals surface area contributed by atoms with Crippen LogP contribution in [0.25, 0.3) is 11.0 Å². The number of hydrogen-bond acceptors (Lipinski definition) is 4. The van der Waals surface area contributed by atoms with Crippen molar-refractivity contribution in [2.75, 3.05) is 13.1 Å². The van der Waals surface area contributed by atoms with Gasteiger partial charge in [0.15, 0.2) is 5.65 Å². The highest BCUT2D eigenvalue weighted by Crippen LogP contribution is 2.17. The predicted octanol–water partition coefficient (Wildman–Crippen LogP) is 1.18. The number of alkyl halides is 3. The van der Waals surface area contributed by atoms with Crippen LogP contribution in [-0.2, 0) is 18.4 Å². The van der Waals surface area contributed by atoms with Crippen molar-refractivity contribution in [3.8, 4) is 0 Å². The molecule has 10 heteroatoms. The van der Waals surface area contributed by atoms with E-state index in [0.717, 1.165) is 10.9 Å². The van der Waals surface area contributed by atoms with E-state index in [4.69, 9.17) is 0 Å². The number of carbonyl (C=O) groups excluding carboxylic acids is 1. The molecular weight excluding hydrogens is 327 g/mol. The Morgan fingerprint density at radius 3 is 2.62 bits per heavy atom. The minimum Gasteiger partial charge on any atom is -0.332 e. The van der Waals surface area contributed by atoms with Gasteiger partial charge in [0.2, 0.25) is 5.91 Å². The topological polar surface area (TPSA) is 73.0 Å². The van der Waals surface area contributed by atoms with Crippen LogP contribution in [0, 0.1) is 5.92 Å². The van der Waals surface area contributed by atoms with Gasteiger partial charge in [0.05, 0.1) is 6.20 Å². The quantitative estimate of drug-likeness (QED) is 0.816. The van der Waals surface area contributed by atoms with Crippen LogP contribution in [-0.4, -0.2) is 49.4 Å². The number of halogens is 3. The molecule has 2 aromatic heterocycles. The Morgan fingerprint density at radius 2 is 2.04 bits per heavy atom. The molecule has 0 atom stereocenters. The molecule has 0 fully saturated rings. The molecule has 2 rings (SSSR count). The zero-order valence-electron chi connectivity index (χ0n) is 13.5. The average molecular weight is 345 g/mol. The van der Waals surface area contributed by atoms with E-state index in [1.165, 1.54) is 10.9 Å². The molecule has 24 heavy (non-hydrogen) atoms. The molecule has 2 aromatic rings. The first kappa shape index (κ1) is 18.0. The minimum absolute atomic E-state index is 0.0460. The molecule has 7 nitrogen and oxygen atoms in total. The number of aryl methyl sites for hydroxylation is 1. The molecule has 0 unspecified atom stereocenters. The zero-order valence-corrected chi connectivity index (χ0v) is 13.5. The maximum atomic E-state index is 12.7. The molecule has 0 aromatic carbocycles. The Kier molecular flexibility index (Phi) is 4.95. The summed E-state index contributed by atoms with van der Waals surface area (Å²) in [5.74, 6) is -0.917. The van der Waals surface area contributed by atoms with Crippen LogP contribution in [0.3, 0.4) is 0 Å². The molecule has 0 aliphatic heterocycles. The standard InChI is InChI=1S/C14H18F3N5O2/c1-9(2)5-21(7-14(15,16)17)11(23)6-22-8-18-12-10(13(22)24)4-19-20(12)3/h4,8-9H,5-7H2,1-3H3. The third-order valence-electron chi connectivity index (χ3n) is 3.33. The fraction of sp³-hybridized carbons (Fsp3) is 0.571. The van der Waals surface area contributed by atoms with Crippen LogP contribution in [0.1, 0.15) is 13.8 Å². The van der Waals surface area contributed by atoms with Crippen LogP contribution in [0.2, 0.25) is 0 Å². The lowest BCUT2D eigenvalue weighted by molar-refractivity contribution is -0.162. The van der Waals surface area contributed by atoms with Gasteiger partial charge in [0.1, 0.15) is 24.8 Å². The SMILES string of the molecule is CC(C)CN(CC(F)(F)F)C(=O)Cn1cnc2c(cnn2C)c1=O. The summed E-state index contributed by atoms with van der Waals surface area (Å²) in [5, 5.41) is 4.10. The van der Waals surface area contributed by atoms with Gasteiger partial charge < -0.3 is 4.90 Å². The van der Waals surface area contributed by atoms with Gasteiger partial charge in [-0.25, -0.2) is 4.98 Å². The van der Waals surface area contributed by atoms with Crippen molar-refractivity contribution in [2.24, 2.45) is 13.0 Å². The summed E-state index contributed by atoms with van der Waals surface area (Å²) in [4.78, 5) is 29.3. The third-order valence-corrected chi connectivity index (χ3v) is 3.33. The summed E-state index contributed by atoms with van der Waals surface area (Å²) in [6.07, 6.45) is -2.04. The third kappa shape index (κ3) is 4.12. The lowest BCUT2D eigenvalue weighted by Gasteiger charge is -2.25. The van der Waals surface area contributed by atoms with Crippen molar-refractivity contribution in [3.05, 3.63) is 22.9 Å². The van der Waals surface area contributed by atoms with Crippen molar-refractivity contribution in [1.82, 2.24) is 24.2 Å². The van der Waals surface area contributed by atoms with Crippen molar-refractivity contribution in [3.63, 3.8) is 0 Å². The molecule has 0 spiro atoms. The van der Waals surface area contributed by atoms with E-state index in [9.17, 15) is 22.8 Å². The Labute approximate surface area is 135 Å². The molecule has 0 N–H and O–H groups in total. The second kappa shape index (κ2) is 6.62. The second-order valence-electron chi connectivity index (χ2n) is 5.97. The zero-order chi connectivity index (χ0) is 18.1. The van der Waals surface area contributed by atoms with Crippen molar-refractivity contribution in [1.29, 1.82) is 0 Å². The van der Waals surface area contributed by atoms with E-state index in [2.05, 4.69) is 10.1 Å². The molecular formula is C14H18F3N5O2. The van der Waals surface area contributed by atoms with Crippen molar-refractivity contribution >= 4 is 16.9 Å². The highest BCUT2D eigenvalue weighted by atomic mass is 19.4. The van der Waals surface area contributed by atoms with E-state index in [1.54, 1.807) is 20.9 Å². The molecule has 0 aliphatic rings. The summed E-state index contributed by atoms with van der Waals surface area (Å²) >= 11 is 0. The molecule has 2 heterocycles. The number of hydrogen-bond donors (Lipinski definition) is 0. The fourth-order valence-corrected chi connectivity index (χ4v) is 2.34. The van der Waals surface area contributed by atoms with E-state index in [0.29, 0.717) is 10.5 Å². The Bertz CT molecular complexity index is 794. The predicted molar refractivity (Wildman–Crippen MR) is 80.2 cm³/mol. The second-order valence-corrected chi connectivity index (χ2v) is 5.97. The van der Waals surface area contributed by atoms with E-state index < -0.39 is 30.7 Å². The van der Waals surface area contributed by atoms with Crippen molar-refractivity contribution in [2.45, 2.75) is 26.6 Å². The molecule has 0 bridgehead atoms. The Morgan fingerprint density at radius 1 is 1.38 bits per heavy atom. The van der Waals surface area contributed by atoms with Crippen LogP contribution in [0.5, 0.6) is 0 Å². The van der Waals surface area contributed by atoms with Gasteiger partial charge in [-0.15, -0.1) is 0 Å². The van der Waals surface area contributed by atoms with Gasteiger partial charge in [-0.3, -0.25) is 18.8 Å². The first-order valence-electron chi connectivity index (χ1n) is 7.30. The van der Waals surface area contributed by atoms with Gasteiger partial charge in [-0.2, -0.15) is 18.3 Å². The van der Waals surface area contributed by atoms with Gasteiger partial charge in [0, 0.05) is 13.6 Å². The largest absolute Gasteiger partial charge is 0.406 e. The summed E-state index contributed by atoms with van der Waals surface area (Å²) in [7, 11) is 1.61. The van der Waals surface area contributed by atoms with Gasteiger partial charge >= 0.3 is 6.18 Å². The van der Waals surface area contributed by atoms with Gasteiger partial charge in [-0.05, 0) is 5.92 Å². The molecule has 0 radical (unpaired) electrons. The Balaban J connectivity index is 2.25. The molecule has 132 valence electrons. The highest BCUT2D eigenvalue weighted by molar-refractivity contribution is 5.77. The van der Waals surface area contributed by atoms with Crippen LogP contribution in [0.15, 0.2) is 17.3 Å². The van der Waals surface area contributed by atoms with E-state index >= 15 is 0 Å². The number of carbonyl (C=O) groups is 1. The summed E-state index contributed by atoms with van der Waals surface area (Å²) < 4.78 is 40.4. The lowest BCUT2D eigenvalue weighted by Crippen LogP contribution is -2.43. The number of rotatable bonds is 5. The number of amides is 1. The minimum atomic E-state index is -4.50. The summed E-state index contributed by atoms with van der Waals surface area (Å²) in [5.41, 5.74) is -0.170. The number of nitrogens with zero attached hydrogens (tertiary/aromatic N) is 5. The highest BCUT2D eigenvalue weighted by Gasteiger charge is 2.33. The maximum absolute atomic E-state index is 12.7. The maximum Gasteiger partial charge on any atom is 0.406 e. The molecule has 0 aliphatic carbocycles. The first-order chi connectivity index (χ1) is 11.1. The fourth-order valence-electron chi connectivity index (χ4n) is 2.34. The first-order valence-corrected chi connectivity index (χ1v) is 7.30. The summed E-state index contributed by atoms with van der Waals surface area (Å²) in [6.45, 7) is 1.54. The monoisotopic (exact) mass is 345 g/mol. The van der Waals surface area contributed by atoms with Crippen LogP contribution >= 0.6 is 0 Å². The van der Waals surface area contributed by atoms with E-state index in [1.807, 2.05) is 0 Å². The van der Waals surface area contributed by atoms with Crippen LogP contribution in [0.4, 0.5) is 13.2 Å². The van der Waals surface area contributed by atoms with E-state index in [-0.39, 0.29) is 17.8 Å². The molecule has 1 amide bonds. The smallest absolute Gasteiger partial charge is 0.332 e. The van der Waals surface area contributed by atoms with Crippen molar-refractivity contribution < 1.29 is 18.0 Å². The van der Waals surface area contributed by atoms with Gasteiger partial charge in [0.25, 0.3) is 5.56 Å². The normalized spacial score (nSPS) is 12.1. The average Bonchev–Trinajstić information content (AvgIpc) is 2.81. The number of fused-ring (bicyclic) bond motifs is 1. The summed E-state index contributed by atoms with van der Waals surface area (Å²) in [6, 6.07) is 0. The van der Waals surface area contributed by atoms with Gasteiger partial charge in [-0.1, -0.05) is 13.8 Å². The lowest BCUT2D eigenvalue weighted by atomic mass is 10.2.